The molecule has 0 atom stereocenters. The molecule has 4 heterocycles. The molecule has 0 aliphatic rings. The molecule has 1 aromatic carbocycles. The van der Waals surface area contributed by atoms with E-state index in [2.05, 4.69) is 68.5 Å². The van der Waals surface area contributed by atoms with Crippen LogP contribution < -0.4 is 5.32 Å². The van der Waals surface area contributed by atoms with E-state index in [9.17, 15) is 4.39 Å². The topological polar surface area (TPSA) is 74.7 Å². The van der Waals surface area contributed by atoms with Gasteiger partial charge in [0.25, 0.3) is 0 Å². The minimum Gasteiger partial charge on any atom is -0.352 e. The molecule has 0 aliphatic heterocycles. The van der Waals surface area contributed by atoms with Gasteiger partial charge in [0.2, 0.25) is 5.95 Å². The number of benzene rings is 1. The quantitative estimate of drug-likeness (QED) is 0.246. The molecule has 0 bridgehead atoms. The van der Waals surface area contributed by atoms with Gasteiger partial charge in [0, 0.05) is 42.1 Å². The van der Waals surface area contributed by atoms with Crippen molar-refractivity contribution in [3.05, 3.63) is 72.2 Å². The van der Waals surface area contributed by atoms with Crippen molar-refractivity contribution in [3.8, 4) is 21.7 Å². The Kier molecular flexibility index (Phi) is 7.11. The van der Waals surface area contributed by atoms with Crippen LogP contribution in [-0.4, -0.2) is 49.8 Å². The summed E-state index contributed by atoms with van der Waals surface area (Å²) in [7, 11) is 2.14. The zero-order valence-corrected chi connectivity index (χ0v) is 21.6. The molecule has 2 N–H and O–H groups in total. The van der Waals surface area contributed by atoms with Gasteiger partial charge in [-0.05, 0) is 61.1 Å². The second-order valence-electron chi connectivity index (χ2n) is 9.01. The van der Waals surface area contributed by atoms with E-state index in [0.717, 1.165) is 52.3 Å². The van der Waals surface area contributed by atoms with Crippen LogP contribution in [0.1, 0.15) is 24.6 Å². The molecule has 0 fully saturated rings. The number of aryl methyl sites for hydroxylation is 1. The van der Waals surface area contributed by atoms with Gasteiger partial charge in [-0.2, -0.15) is 0 Å². The summed E-state index contributed by atoms with van der Waals surface area (Å²) in [6.07, 6.45) is 8.14. The number of halogens is 1. The molecule has 186 valence electrons. The van der Waals surface area contributed by atoms with Gasteiger partial charge in [0.15, 0.2) is 5.82 Å². The molecule has 0 unspecified atom stereocenters. The largest absolute Gasteiger partial charge is 0.352 e. The zero-order chi connectivity index (χ0) is 25.1. The highest BCUT2D eigenvalue weighted by Crippen LogP contribution is 2.40. The molecule has 0 amide bonds. The van der Waals surface area contributed by atoms with E-state index in [4.69, 9.17) is 0 Å². The standard InChI is InChI=1S/C27H30FN7S/c1-4-10-34(3)17-20-15-30-18(2)13-22(20)21-7-5-6-19-14-24(36-26(19)21)25-23(28)16-31-27(33-25)29-8-11-35-12-9-32-35/h5-7,9,12-16,32H,4,8,10-11,17H2,1-3H3,(H,29,31,33). The molecular formula is C27H30FN7S. The molecule has 5 rings (SSSR count). The summed E-state index contributed by atoms with van der Waals surface area (Å²) in [5, 5.41) is 7.29. The normalized spacial score (nSPS) is 11.6. The van der Waals surface area contributed by atoms with Crippen LogP contribution >= 0.6 is 11.3 Å². The number of nitrogens with zero attached hydrogens (tertiary/aromatic N) is 5. The van der Waals surface area contributed by atoms with E-state index in [1.54, 1.807) is 11.3 Å². The number of anilines is 1. The third-order valence-corrected chi connectivity index (χ3v) is 7.30. The maximum atomic E-state index is 14.9. The Morgan fingerprint density at radius 2 is 2.03 bits per heavy atom. The van der Waals surface area contributed by atoms with Crippen molar-refractivity contribution < 1.29 is 4.39 Å². The molecule has 0 saturated carbocycles. The van der Waals surface area contributed by atoms with Gasteiger partial charge in [-0.3, -0.25) is 9.67 Å². The van der Waals surface area contributed by atoms with E-state index in [-0.39, 0.29) is 0 Å². The Hall–Kier alpha value is -3.56. The number of pyridine rings is 1. The Bertz CT molecular complexity index is 1460. The fourth-order valence-electron chi connectivity index (χ4n) is 4.34. The van der Waals surface area contributed by atoms with Gasteiger partial charge in [-0.15, -0.1) is 11.3 Å². The second kappa shape index (κ2) is 10.6. The van der Waals surface area contributed by atoms with Crippen molar-refractivity contribution in [2.24, 2.45) is 0 Å². The molecule has 4 aromatic heterocycles. The molecule has 0 spiro atoms. The lowest BCUT2D eigenvalue weighted by molar-refractivity contribution is 0.327. The first-order valence-electron chi connectivity index (χ1n) is 12.1. The summed E-state index contributed by atoms with van der Waals surface area (Å²) in [5.74, 6) is -0.0118. The summed E-state index contributed by atoms with van der Waals surface area (Å²) in [6, 6.07) is 10.4. The monoisotopic (exact) mass is 503 g/mol. The average molecular weight is 504 g/mol. The number of H-pyrrole nitrogens is 1. The Labute approximate surface area is 214 Å². The van der Waals surface area contributed by atoms with E-state index < -0.39 is 5.82 Å². The highest BCUT2D eigenvalue weighted by atomic mass is 32.1. The fraction of sp³-hybridized carbons (Fsp3) is 0.296. The van der Waals surface area contributed by atoms with E-state index in [1.807, 2.05) is 36.3 Å². The van der Waals surface area contributed by atoms with Crippen molar-refractivity contribution >= 4 is 27.4 Å². The van der Waals surface area contributed by atoms with Gasteiger partial charge in [0.1, 0.15) is 5.69 Å². The average Bonchev–Trinajstić information content (AvgIpc) is 3.27. The van der Waals surface area contributed by atoms with Crippen LogP contribution in [0.4, 0.5) is 10.3 Å². The van der Waals surface area contributed by atoms with Gasteiger partial charge in [-0.25, -0.2) is 14.4 Å². The smallest absolute Gasteiger partial charge is 0.223 e. The second-order valence-corrected chi connectivity index (χ2v) is 10.1. The lowest BCUT2D eigenvalue weighted by Gasteiger charge is -2.18. The Morgan fingerprint density at radius 1 is 1.17 bits per heavy atom. The molecule has 0 radical (unpaired) electrons. The third kappa shape index (κ3) is 5.17. The SMILES string of the molecule is CCCN(C)Cc1cnc(C)cc1-c1cccc2cc(-c3nc(NCCn4cc[nH]4)ncc3F)sc12. The van der Waals surface area contributed by atoms with Crippen LogP contribution in [0.15, 0.2) is 55.1 Å². The van der Waals surface area contributed by atoms with Crippen LogP contribution in [-0.2, 0) is 13.1 Å². The fourth-order valence-corrected chi connectivity index (χ4v) is 5.52. The lowest BCUT2D eigenvalue weighted by Crippen LogP contribution is -2.19. The minimum atomic E-state index is -0.428. The molecule has 0 aliphatic carbocycles. The van der Waals surface area contributed by atoms with Crippen LogP contribution in [0.3, 0.4) is 0 Å². The highest BCUT2D eigenvalue weighted by molar-refractivity contribution is 7.22. The first kappa shape index (κ1) is 24.1. The van der Waals surface area contributed by atoms with E-state index in [1.165, 1.54) is 17.3 Å². The maximum absolute atomic E-state index is 14.9. The first-order valence-corrected chi connectivity index (χ1v) is 13.0. The maximum Gasteiger partial charge on any atom is 0.223 e. The number of aromatic nitrogens is 5. The number of thiophene rings is 1. The number of nitrogens with one attached hydrogen (secondary N) is 2. The molecule has 7 nitrogen and oxygen atoms in total. The number of rotatable bonds is 10. The van der Waals surface area contributed by atoms with Crippen LogP contribution in [0.5, 0.6) is 0 Å². The van der Waals surface area contributed by atoms with E-state index in [0.29, 0.717) is 18.2 Å². The van der Waals surface area contributed by atoms with Gasteiger partial charge >= 0.3 is 0 Å². The van der Waals surface area contributed by atoms with Gasteiger partial charge in [-0.1, -0.05) is 25.1 Å². The predicted octanol–water partition coefficient (Wildman–Crippen LogP) is 5.95. The predicted molar refractivity (Wildman–Crippen MR) is 145 cm³/mol. The van der Waals surface area contributed by atoms with Crippen LogP contribution in [0.25, 0.3) is 31.8 Å². The summed E-state index contributed by atoms with van der Waals surface area (Å²) < 4.78 is 17.9. The van der Waals surface area contributed by atoms with E-state index >= 15 is 0 Å². The third-order valence-electron chi connectivity index (χ3n) is 6.11. The highest BCUT2D eigenvalue weighted by Gasteiger charge is 2.17. The number of fused-ring (bicyclic) bond motifs is 1. The number of hydrogen-bond acceptors (Lipinski definition) is 6. The summed E-state index contributed by atoms with van der Waals surface area (Å²) in [4.78, 5) is 16.3. The van der Waals surface area contributed by atoms with Crippen molar-refractivity contribution in [2.75, 3.05) is 25.5 Å². The van der Waals surface area contributed by atoms with Crippen LogP contribution in [0.2, 0.25) is 0 Å². The Morgan fingerprint density at radius 3 is 2.81 bits per heavy atom. The minimum absolute atomic E-state index is 0.315. The first-order chi connectivity index (χ1) is 17.5. The molecular weight excluding hydrogens is 473 g/mol. The van der Waals surface area contributed by atoms with Gasteiger partial charge in [0.05, 0.1) is 17.6 Å². The summed E-state index contributed by atoms with van der Waals surface area (Å²) in [5.41, 5.74) is 4.78. The zero-order valence-electron chi connectivity index (χ0n) is 20.8. The summed E-state index contributed by atoms with van der Waals surface area (Å²) >= 11 is 1.56. The van der Waals surface area contributed by atoms with Crippen LogP contribution in [0, 0.1) is 12.7 Å². The summed E-state index contributed by atoms with van der Waals surface area (Å²) in [6.45, 7) is 7.43. The molecule has 5 aromatic rings. The number of aromatic amines is 1. The van der Waals surface area contributed by atoms with Crippen molar-refractivity contribution in [2.45, 2.75) is 33.4 Å². The molecule has 36 heavy (non-hydrogen) atoms. The lowest BCUT2D eigenvalue weighted by atomic mass is 9.99. The Balaban J connectivity index is 1.49. The molecule has 0 saturated heterocycles. The number of hydrogen-bond donors (Lipinski definition) is 2. The van der Waals surface area contributed by atoms with Crippen molar-refractivity contribution in [1.82, 2.24) is 29.6 Å². The van der Waals surface area contributed by atoms with Gasteiger partial charge < -0.3 is 15.3 Å². The molecule has 9 heteroatoms. The van der Waals surface area contributed by atoms with Crippen molar-refractivity contribution in [3.63, 3.8) is 0 Å². The van der Waals surface area contributed by atoms with Crippen molar-refractivity contribution in [1.29, 1.82) is 0 Å².